The third-order valence-electron chi connectivity index (χ3n) is 5.54. The Morgan fingerprint density at radius 1 is 1.19 bits per heavy atom. The molecule has 1 aromatic carbocycles. The number of nitrogens with one attached hydrogen (secondary N) is 1. The molecule has 1 N–H and O–H groups in total. The van der Waals surface area contributed by atoms with E-state index in [0.29, 0.717) is 5.41 Å². The van der Waals surface area contributed by atoms with Crippen LogP contribution >= 0.6 is 0 Å². The summed E-state index contributed by atoms with van der Waals surface area (Å²) in [5, 5.41) is 3.58. The second-order valence-electron chi connectivity index (χ2n) is 7.30. The van der Waals surface area contributed by atoms with Gasteiger partial charge in [0.15, 0.2) is 5.96 Å². The van der Waals surface area contributed by atoms with Crippen LogP contribution in [-0.4, -0.2) is 63.8 Å². The lowest BCUT2D eigenvalue weighted by Crippen LogP contribution is -2.53. The molecule has 1 heterocycles. The zero-order valence-electron chi connectivity index (χ0n) is 16.0. The molecule has 1 aliphatic heterocycles. The van der Waals surface area contributed by atoms with Gasteiger partial charge in [0.25, 0.3) is 0 Å². The molecule has 0 spiro atoms. The quantitative estimate of drug-likeness (QED) is 0.460. The summed E-state index contributed by atoms with van der Waals surface area (Å²) in [5.74, 6) is 0.807. The Hall–Kier alpha value is -1.82. The molecule has 0 atom stereocenters. The van der Waals surface area contributed by atoms with Crippen LogP contribution in [0.1, 0.15) is 26.2 Å². The molecule has 26 heavy (non-hydrogen) atoms. The van der Waals surface area contributed by atoms with Crippen LogP contribution in [0.4, 0.5) is 10.1 Å². The third-order valence-corrected chi connectivity index (χ3v) is 5.54. The highest BCUT2D eigenvalue weighted by atomic mass is 19.1. The monoisotopic (exact) mass is 362 g/mol. The molecule has 0 bridgehead atoms. The van der Waals surface area contributed by atoms with E-state index in [1.165, 1.54) is 25.0 Å². The van der Waals surface area contributed by atoms with Crippen LogP contribution < -0.4 is 10.2 Å². The van der Waals surface area contributed by atoms with Crippen LogP contribution in [0.15, 0.2) is 29.3 Å². The molecule has 1 aromatic rings. The summed E-state index contributed by atoms with van der Waals surface area (Å²) in [5.41, 5.74) is 1.49. The average molecular weight is 362 g/mol. The maximum Gasteiger partial charge on any atom is 0.193 e. The molecule has 3 rings (SSSR count). The van der Waals surface area contributed by atoms with Crippen LogP contribution in [0, 0.1) is 11.2 Å². The molecule has 2 aliphatic rings. The molecular formula is C20H31FN4O. The minimum Gasteiger partial charge on any atom is -0.382 e. The topological polar surface area (TPSA) is 40.1 Å². The summed E-state index contributed by atoms with van der Waals surface area (Å²) in [6, 6.07) is 6.76. The van der Waals surface area contributed by atoms with Crippen LogP contribution in [0.3, 0.4) is 0 Å². The number of anilines is 1. The lowest BCUT2D eigenvalue weighted by Gasteiger charge is -2.38. The van der Waals surface area contributed by atoms with Crippen molar-refractivity contribution >= 4 is 11.6 Å². The Bertz CT molecular complexity index is 592. The molecule has 0 amide bonds. The number of aliphatic imine (C=N–C) groups is 1. The Labute approximate surface area is 156 Å². The van der Waals surface area contributed by atoms with Gasteiger partial charge in [-0.3, -0.25) is 4.99 Å². The lowest BCUT2D eigenvalue weighted by atomic mass is 10.0. The second kappa shape index (κ2) is 8.71. The molecule has 1 saturated heterocycles. The first kappa shape index (κ1) is 19.0. The molecule has 0 radical (unpaired) electrons. The molecule has 1 saturated carbocycles. The molecule has 0 unspecified atom stereocenters. The number of guanidine groups is 1. The van der Waals surface area contributed by atoms with Crippen molar-refractivity contribution < 1.29 is 9.13 Å². The summed E-state index contributed by atoms with van der Waals surface area (Å²) >= 11 is 0. The second-order valence-corrected chi connectivity index (χ2v) is 7.30. The summed E-state index contributed by atoms with van der Waals surface area (Å²) < 4.78 is 18.6. The summed E-state index contributed by atoms with van der Waals surface area (Å²) in [6.07, 6.45) is 3.69. The fourth-order valence-corrected chi connectivity index (χ4v) is 3.55. The number of piperazine rings is 1. The fraction of sp³-hybridized carbons (Fsp3) is 0.650. The first-order valence-corrected chi connectivity index (χ1v) is 9.70. The van der Waals surface area contributed by atoms with Crippen molar-refractivity contribution in [3.8, 4) is 0 Å². The minimum atomic E-state index is -0.185. The Balaban J connectivity index is 1.46. The molecule has 6 heteroatoms. The molecule has 144 valence electrons. The summed E-state index contributed by atoms with van der Waals surface area (Å²) in [7, 11) is 1.86. The number of hydrogen-bond acceptors (Lipinski definition) is 3. The zero-order chi connectivity index (χ0) is 18.4. The summed E-state index contributed by atoms with van der Waals surface area (Å²) in [6.45, 7) is 8.35. The van der Waals surface area contributed by atoms with E-state index < -0.39 is 0 Å². The predicted molar refractivity (Wildman–Crippen MR) is 104 cm³/mol. The van der Waals surface area contributed by atoms with Crippen molar-refractivity contribution in [2.24, 2.45) is 10.4 Å². The van der Waals surface area contributed by atoms with Gasteiger partial charge in [0.2, 0.25) is 0 Å². The van der Waals surface area contributed by atoms with Crippen molar-refractivity contribution in [1.82, 2.24) is 10.2 Å². The molecule has 1 aliphatic carbocycles. The zero-order valence-corrected chi connectivity index (χ0v) is 16.0. The van der Waals surface area contributed by atoms with E-state index in [1.807, 2.05) is 26.1 Å². The smallest absolute Gasteiger partial charge is 0.193 e. The van der Waals surface area contributed by atoms with Crippen LogP contribution in [0.25, 0.3) is 0 Å². The van der Waals surface area contributed by atoms with Crippen LogP contribution in [0.5, 0.6) is 0 Å². The number of benzene rings is 1. The van der Waals surface area contributed by atoms with Crippen molar-refractivity contribution in [2.45, 2.75) is 26.2 Å². The first-order valence-electron chi connectivity index (χ1n) is 9.70. The van der Waals surface area contributed by atoms with Gasteiger partial charge >= 0.3 is 0 Å². The molecular weight excluding hydrogens is 331 g/mol. The number of hydrogen-bond donors (Lipinski definition) is 1. The minimum absolute atomic E-state index is 0.185. The lowest BCUT2D eigenvalue weighted by molar-refractivity contribution is 0.128. The van der Waals surface area contributed by atoms with Crippen LogP contribution in [-0.2, 0) is 4.74 Å². The van der Waals surface area contributed by atoms with Crippen LogP contribution in [0.2, 0.25) is 0 Å². The van der Waals surface area contributed by atoms with Crippen molar-refractivity contribution in [3.63, 3.8) is 0 Å². The van der Waals surface area contributed by atoms with E-state index in [4.69, 9.17) is 4.74 Å². The van der Waals surface area contributed by atoms with Gasteiger partial charge in [-0.1, -0.05) is 0 Å². The number of rotatable bonds is 7. The van der Waals surface area contributed by atoms with Gasteiger partial charge in [0, 0.05) is 58.7 Å². The Morgan fingerprint density at radius 2 is 1.88 bits per heavy atom. The molecule has 0 aromatic heterocycles. The van der Waals surface area contributed by atoms with E-state index >= 15 is 0 Å². The van der Waals surface area contributed by atoms with Gasteiger partial charge < -0.3 is 19.9 Å². The van der Waals surface area contributed by atoms with Gasteiger partial charge in [0.05, 0.1) is 0 Å². The Morgan fingerprint density at radius 3 is 2.46 bits per heavy atom. The van der Waals surface area contributed by atoms with E-state index in [9.17, 15) is 4.39 Å². The highest BCUT2D eigenvalue weighted by Gasteiger charge is 2.42. The van der Waals surface area contributed by atoms with Gasteiger partial charge in [-0.25, -0.2) is 4.39 Å². The molecule has 2 fully saturated rings. The number of ether oxygens (including phenoxy) is 1. The normalized spacial score (nSPS) is 19.6. The van der Waals surface area contributed by atoms with Crippen molar-refractivity contribution in [2.75, 3.05) is 57.9 Å². The van der Waals surface area contributed by atoms with Gasteiger partial charge in [0.1, 0.15) is 5.82 Å². The van der Waals surface area contributed by atoms with E-state index in [2.05, 4.69) is 20.1 Å². The molecule has 5 nitrogen and oxygen atoms in total. The highest BCUT2D eigenvalue weighted by Crippen LogP contribution is 2.48. The third kappa shape index (κ3) is 4.87. The van der Waals surface area contributed by atoms with Gasteiger partial charge in [-0.05, 0) is 55.9 Å². The van der Waals surface area contributed by atoms with E-state index in [-0.39, 0.29) is 5.82 Å². The largest absolute Gasteiger partial charge is 0.382 e. The van der Waals surface area contributed by atoms with E-state index in [1.54, 1.807) is 0 Å². The maximum atomic E-state index is 13.1. The average Bonchev–Trinajstić information content (AvgIpc) is 3.44. The standard InChI is InChI=1S/C20H31FN4O/c1-3-26-15-10-20(8-9-20)16-23-19(22-2)25-13-11-24(12-14-25)18-6-4-17(21)5-7-18/h4-7H,3,8-16H2,1-2H3,(H,22,23). The van der Waals surface area contributed by atoms with E-state index in [0.717, 1.165) is 64.0 Å². The first-order chi connectivity index (χ1) is 12.7. The SMILES string of the molecule is CCOCCC1(CNC(=NC)N2CCN(c3ccc(F)cc3)CC2)CC1. The van der Waals surface area contributed by atoms with Crippen molar-refractivity contribution in [1.29, 1.82) is 0 Å². The Kier molecular flexibility index (Phi) is 6.35. The highest BCUT2D eigenvalue weighted by molar-refractivity contribution is 5.80. The number of halogens is 1. The number of nitrogens with zero attached hydrogens (tertiary/aromatic N) is 3. The maximum absolute atomic E-state index is 13.1. The predicted octanol–water partition coefficient (Wildman–Crippen LogP) is 2.73. The van der Waals surface area contributed by atoms with Gasteiger partial charge in [-0.2, -0.15) is 0 Å². The fourth-order valence-electron chi connectivity index (χ4n) is 3.55. The summed E-state index contributed by atoms with van der Waals surface area (Å²) in [4.78, 5) is 9.10. The van der Waals surface area contributed by atoms with Gasteiger partial charge in [-0.15, -0.1) is 0 Å². The van der Waals surface area contributed by atoms with Crippen molar-refractivity contribution in [3.05, 3.63) is 30.1 Å².